The van der Waals surface area contributed by atoms with Gasteiger partial charge in [-0.3, -0.25) is 4.79 Å². The number of hydrogen-bond donors (Lipinski definition) is 0. The second kappa shape index (κ2) is 9.53. The maximum atomic E-state index is 12.1. The Kier molecular flexibility index (Phi) is 7.38. The molecule has 0 saturated carbocycles. The zero-order valence-electron chi connectivity index (χ0n) is 16.9. The number of esters is 3. The van der Waals surface area contributed by atoms with E-state index in [2.05, 4.69) is 6.58 Å². The Labute approximate surface area is 165 Å². The molecule has 1 aliphatic carbocycles. The van der Waals surface area contributed by atoms with Crippen LogP contribution >= 0.6 is 0 Å². The molecule has 1 fully saturated rings. The minimum atomic E-state index is -0.513. The van der Waals surface area contributed by atoms with E-state index in [1.807, 2.05) is 32.9 Å². The monoisotopic (exact) mass is 388 g/mol. The average molecular weight is 388 g/mol. The van der Waals surface area contributed by atoms with E-state index in [0.29, 0.717) is 24.8 Å². The molecule has 0 aromatic rings. The molecule has 2 rings (SSSR count). The van der Waals surface area contributed by atoms with Crippen LogP contribution in [0.4, 0.5) is 0 Å². The SMILES string of the molecule is C=C1C(=O)OC2C=C(COC(=O)C=C(C)C)CCC=C(C)C(OC(C)=O)CC12. The number of ether oxygens (including phenoxy) is 3. The standard InChI is InChI=1S/C22H28O6/c1-13(2)9-21(24)26-12-17-8-6-7-14(3)19(27-16(5)23)11-18-15(4)22(25)28-20(18)10-17/h7,9-10,18-20H,4,6,8,11-12H2,1-3,5H3. The number of fused-ring (bicyclic) bond motifs is 1. The van der Waals surface area contributed by atoms with Gasteiger partial charge >= 0.3 is 17.9 Å². The Morgan fingerprint density at radius 3 is 2.68 bits per heavy atom. The molecule has 0 bridgehead atoms. The van der Waals surface area contributed by atoms with Crippen LogP contribution in [-0.2, 0) is 28.6 Å². The predicted molar refractivity (Wildman–Crippen MR) is 104 cm³/mol. The van der Waals surface area contributed by atoms with Crippen LogP contribution in [0.15, 0.2) is 47.1 Å². The molecular weight excluding hydrogens is 360 g/mol. The molecule has 6 nitrogen and oxygen atoms in total. The third-order valence-electron chi connectivity index (χ3n) is 4.77. The second-order valence-corrected chi connectivity index (χ2v) is 7.48. The average Bonchev–Trinajstić information content (AvgIpc) is 2.85. The summed E-state index contributed by atoms with van der Waals surface area (Å²) in [4.78, 5) is 35.4. The van der Waals surface area contributed by atoms with E-state index in [1.165, 1.54) is 13.0 Å². The first-order valence-electron chi connectivity index (χ1n) is 9.42. The molecule has 6 heteroatoms. The molecule has 1 saturated heterocycles. The third kappa shape index (κ3) is 5.94. The van der Waals surface area contributed by atoms with Crippen molar-refractivity contribution in [1.82, 2.24) is 0 Å². The summed E-state index contributed by atoms with van der Waals surface area (Å²) in [7, 11) is 0. The van der Waals surface area contributed by atoms with Gasteiger partial charge in [-0.1, -0.05) is 18.2 Å². The van der Waals surface area contributed by atoms with Crippen molar-refractivity contribution in [2.75, 3.05) is 6.61 Å². The predicted octanol–water partition coefficient (Wildman–Crippen LogP) is 3.58. The minimum Gasteiger partial charge on any atom is -0.458 e. The summed E-state index contributed by atoms with van der Waals surface area (Å²) in [5.41, 5.74) is 3.03. The van der Waals surface area contributed by atoms with Crippen LogP contribution in [-0.4, -0.2) is 36.7 Å². The van der Waals surface area contributed by atoms with Crippen LogP contribution in [0, 0.1) is 5.92 Å². The van der Waals surface area contributed by atoms with E-state index in [0.717, 1.165) is 16.7 Å². The molecule has 0 spiro atoms. The fourth-order valence-corrected chi connectivity index (χ4v) is 3.31. The third-order valence-corrected chi connectivity index (χ3v) is 4.77. The molecular formula is C22H28O6. The topological polar surface area (TPSA) is 78.9 Å². The lowest BCUT2D eigenvalue weighted by Gasteiger charge is -2.25. The van der Waals surface area contributed by atoms with Crippen molar-refractivity contribution >= 4 is 17.9 Å². The fraction of sp³-hybridized carbons (Fsp3) is 0.500. The van der Waals surface area contributed by atoms with Gasteiger partial charge in [-0.15, -0.1) is 0 Å². The summed E-state index contributed by atoms with van der Waals surface area (Å²) >= 11 is 0. The van der Waals surface area contributed by atoms with Crippen LogP contribution in [0.2, 0.25) is 0 Å². The first kappa shape index (κ1) is 21.7. The maximum Gasteiger partial charge on any atom is 0.334 e. The Bertz CT molecular complexity index is 751. The zero-order valence-corrected chi connectivity index (χ0v) is 16.9. The number of allylic oxidation sites excluding steroid dienone is 2. The van der Waals surface area contributed by atoms with Crippen molar-refractivity contribution in [3.63, 3.8) is 0 Å². The highest BCUT2D eigenvalue weighted by Crippen LogP contribution is 2.35. The van der Waals surface area contributed by atoms with E-state index in [1.54, 1.807) is 0 Å². The smallest absolute Gasteiger partial charge is 0.334 e. The van der Waals surface area contributed by atoms with Crippen LogP contribution in [0.5, 0.6) is 0 Å². The van der Waals surface area contributed by atoms with Crippen molar-refractivity contribution in [3.8, 4) is 0 Å². The van der Waals surface area contributed by atoms with Crippen LogP contribution in [0.3, 0.4) is 0 Å². The van der Waals surface area contributed by atoms with Crippen molar-refractivity contribution in [2.45, 2.75) is 59.2 Å². The fourth-order valence-electron chi connectivity index (χ4n) is 3.31. The van der Waals surface area contributed by atoms with E-state index in [9.17, 15) is 14.4 Å². The van der Waals surface area contributed by atoms with E-state index in [4.69, 9.17) is 14.2 Å². The summed E-state index contributed by atoms with van der Waals surface area (Å²) in [6.45, 7) is 10.9. The van der Waals surface area contributed by atoms with Gasteiger partial charge < -0.3 is 14.2 Å². The van der Waals surface area contributed by atoms with Gasteiger partial charge in [0, 0.05) is 24.5 Å². The summed E-state index contributed by atoms with van der Waals surface area (Å²) in [6.07, 6.45) is 6.10. The van der Waals surface area contributed by atoms with E-state index in [-0.39, 0.29) is 18.5 Å². The van der Waals surface area contributed by atoms with E-state index < -0.39 is 24.1 Å². The van der Waals surface area contributed by atoms with Crippen molar-refractivity contribution < 1.29 is 28.6 Å². The molecule has 1 aliphatic heterocycles. The number of carbonyl (C=O) groups is 3. The first-order valence-corrected chi connectivity index (χ1v) is 9.42. The van der Waals surface area contributed by atoms with Crippen molar-refractivity contribution in [2.24, 2.45) is 5.92 Å². The Morgan fingerprint density at radius 2 is 2.04 bits per heavy atom. The van der Waals surface area contributed by atoms with Gasteiger partial charge in [-0.25, -0.2) is 9.59 Å². The number of hydrogen-bond acceptors (Lipinski definition) is 6. The lowest BCUT2D eigenvalue weighted by atomic mass is 9.86. The molecule has 0 amide bonds. The molecule has 2 aliphatic rings. The molecule has 152 valence electrons. The largest absolute Gasteiger partial charge is 0.458 e. The molecule has 0 radical (unpaired) electrons. The van der Waals surface area contributed by atoms with Gasteiger partial charge in [-0.2, -0.15) is 0 Å². The van der Waals surface area contributed by atoms with Gasteiger partial charge in [0.05, 0.1) is 0 Å². The summed E-state index contributed by atoms with van der Waals surface area (Å²) in [5.74, 6) is -1.52. The van der Waals surface area contributed by atoms with Crippen LogP contribution in [0.25, 0.3) is 0 Å². The normalized spacial score (nSPS) is 24.9. The number of rotatable bonds is 4. The number of carbonyl (C=O) groups excluding carboxylic acids is 3. The van der Waals surface area contributed by atoms with Crippen LogP contribution in [0.1, 0.15) is 47.0 Å². The Hall–Kier alpha value is -2.63. The molecule has 1 heterocycles. The summed E-state index contributed by atoms with van der Waals surface area (Å²) in [6, 6.07) is 0. The lowest BCUT2D eigenvalue weighted by Crippen LogP contribution is -2.26. The molecule has 0 N–H and O–H groups in total. The maximum absolute atomic E-state index is 12.1. The zero-order chi connectivity index (χ0) is 20.8. The molecule has 0 aromatic heterocycles. The molecule has 0 aromatic carbocycles. The van der Waals surface area contributed by atoms with Gasteiger partial charge in [0.1, 0.15) is 18.8 Å². The quantitative estimate of drug-likeness (QED) is 0.317. The highest BCUT2D eigenvalue weighted by Gasteiger charge is 2.40. The molecule has 28 heavy (non-hydrogen) atoms. The van der Waals surface area contributed by atoms with Gasteiger partial charge in [0.25, 0.3) is 0 Å². The molecule has 3 unspecified atom stereocenters. The van der Waals surface area contributed by atoms with Gasteiger partial charge in [0.2, 0.25) is 0 Å². The highest BCUT2D eigenvalue weighted by molar-refractivity contribution is 5.91. The lowest BCUT2D eigenvalue weighted by molar-refractivity contribution is -0.145. The summed E-state index contributed by atoms with van der Waals surface area (Å²) < 4.78 is 16.3. The first-order chi connectivity index (χ1) is 13.2. The second-order valence-electron chi connectivity index (χ2n) is 7.48. The van der Waals surface area contributed by atoms with Gasteiger partial charge in [0.15, 0.2) is 0 Å². The highest BCUT2D eigenvalue weighted by atomic mass is 16.6. The van der Waals surface area contributed by atoms with Crippen molar-refractivity contribution in [3.05, 3.63) is 47.1 Å². The van der Waals surface area contributed by atoms with E-state index >= 15 is 0 Å². The molecule has 3 atom stereocenters. The van der Waals surface area contributed by atoms with Gasteiger partial charge in [-0.05, 0) is 57.3 Å². The Morgan fingerprint density at radius 1 is 1.32 bits per heavy atom. The summed E-state index contributed by atoms with van der Waals surface area (Å²) in [5, 5.41) is 0. The van der Waals surface area contributed by atoms with Crippen molar-refractivity contribution in [1.29, 1.82) is 0 Å². The van der Waals surface area contributed by atoms with Crippen LogP contribution < -0.4 is 0 Å². The minimum absolute atomic E-state index is 0.135. The Balaban J connectivity index is 2.24.